The van der Waals surface area contributed by atoms with Gasteiger partial charge in [-0.1, -0.05) is 6.92 Å². The molecule has 0 aromatic rings. The maximum absolute atomic E-state index is 13.9. The van der Waals surface area contributed by atoms with Gasteiger partial charge in [-0.05, 0) is 20.8 Å². The maximum atomic E-state index is 13.9. The average Bonchev–Trinajstić information content (AvgIpc) is 2.46. The van der Waals surface area contributed by atoms with Crippen molar-refractivity contribution >= 4 is 12.0 Å². The van der Waals surface area contributed by atoms with Crippen LogP contribution in [-0.2, 0) is 14.3 Å². The number of alkyl halides is 2. The molecule has 0 aliphatic carbocycles. The highest BCUT2D eigenvalue weighted by molar-refractivity contribution is 5.88. The normalized spacial score (nSPS) is 29.4. The van der Waals surface area contributed by atoms with Crippen molar-refractivity contribution in [1.29, 1.82) is 0 Å². The summed E-state index contributed by atoms with van der Waals surface area (Å²) in [5, 5.41) is 0. The van der Waals surface area contributed by atoms with Crippen molar-refractivity contribution in [2.45, 2.75) is 44.9 Å². The third-order valence-electron chi connectivity index (χ3n) is 3.27. The molecule has 1 aliphatic rings. The van der Waals surface area contributed by atoms with Crippen LogP contribution in [0.15, 0.2) is 0 Å². The third-order valence-corrected chi connectivity index (χ3v) is 3.27. The van der Waals surface area contributed by atoms with Crippen molar-refractivity contribution in [1.82, 2.24) is 4.90 Å². The molecule has 20 heavy (non-hydrogen) atoms. The van der Waals surface area contributed by atoms with Crippen LogP contribution in [0.3, 0.4) is 0 Å². The van der Waals surface area contributed by atoms with E-state index in [-0.39, 0.29) is 0 Å². The van der Waals surface area contributed by atoms with E-state index in [1.807, 2.05) is 0 Å². The Labute approximate surface area is 116 Å². The van der Waals surface area contributed by atoms with Crippen molar-refractivity contribution in [2.75, 3.05) is 13.7 Å². The Morgan fingerprint density at radius 2 is 1.85 bits per heavy atom. The summed E-state index contributed by atoms with van der Waals surface area (Å²) in [6.07, 6.45) is -1.07. The SMILES string of the molecule is CO[C@]1(C(N)=O)C(C)C(F)(F)CN1C(=O)OC(C)(C)C. The summed E-state index contributed by atoms with van der Waals surface area (Å²) >= 11 is 0. The van der Waals surface area contributed by atoms with E-state index in [4.69, 9.17) is 15.2 Å². The molecule has 1 saturated heterocycles. The molecule has 0 spiro atoms. The van der Waals surface area contributed by atoms with Crippen molar-refractivity contribution < 1.29 is 27.8 Å². The Balaban J connectivity index is 3.22. The van der Waals surface area contributed by atoms with E-state index in [0.29, 0.717) is 4.90 Å². The Bertz CT molecular complexity index is 422. The van der Waals surface area contributed by atoms with Crippen LogP contribution < -0.4 is 5.73 Å². The van der Waals surface area contributed by atoms with Gasteiger partial charge in [-0.2, -0.15) is 0 Å². The number of nitrogens with zero attached hydrogens (tertiary/aromatic N) is 1. The summed E-state index contributed by atoms with van der Waals surface area (Å²) in [7, 11) is 1.06. The molecule has 1 unspecified atom stereocenters. The molecule has 6 nitrogen and oxygen atoms in total. The number of hydrogen-bond acceptors (Lipinski definition) is 4. The first-order valence-electron chi connectivity index (χ1n) is 6.12. The van der Waals surface area contributed by atoms with Gasteiger partial charge in [0, 0.05) is 7.11 Å². The average molecular weight is 294 g/mol. The fraction of sp³-hybridized carbons (Fsp3) is 0.833. The maximum Gasteiger partial charge on any atom is 0.413 e. The van der Waals surface area contributed by atoms with E-state index in [2.05, 4.69) is 0 Å². The van der Waals surface area contributed by atoms with Gasteiger partial charge >= 0.3 is 6.09 Å². The summed E-state index contributed by atoms with van der Waals surface area (Å²) < 4.78 is 37.7. The highest BCUT2D eigenvalue weighted by Crippen LogP contribution is 2.45. The number of likely N-dealkylation sites (tertiary alicyclic amines) is 1. The van der Waals surface area contributed by atoms with Crippen molar-refractivity contribution in [2.24, 2.45) is 11.7 Å². The van der Waals surface area contributed by atoms with Crippen LogP contribution in [0.25, 0.3) is 0 Å². The topological polar surface area (TPSA) is 81.9 Å². The zero-order valence-electron chi connectivity index (χ0n) is 12.2. The summed E-state index contributed by atoms with van der Waals surface area (Å²) in [4.78, 5) is 24.3. The molecule has 2 amide bonds. The van der Waals surface area contributed by atoms with Crippen LogP contribution in [0, 0.1) is 5.92 Å². The number of methoxy groups -OCH3 is 1. The van der Waals surface area contributed by atoms with Gasteiger partial charge < -0.3 is 15.2 Å². The Kier molecular flexibility index (Phi) is 4.02. The quantitative estimate of drug-likeness (QED) is 0.833. The first-order chi connectivity index (χ1) is 8.88. The smallest absolute Gasteiger partial charge is 0.413 e. The van der Waals surface area contributed by atoms with Crippen LogP contribution >= 0.6 is 0 Å². The number of rotatable bonds is 2. The standard InChI is InChI=1S/C12H20F2N2O4/c1-7-11(13,14)6-16(9(18)20-10(2,3)4)12(7,19-5)8(15)17/h7H,6H2,1-5H3,(H2,15,17)/t7?,12-/m0/s1. The molecule has 0 bridgehead atoms. The number of amides is 2. The van der Waals surface area contributed by atoms with Crippen LogP contribution in [-0.4, -0.2) is 47.8 Å². The molecule has 0 aromatic heterocycles. The second kappa shape index (κ2) is 4.83. The van der Waals surface area contributed by atoms with Crippen molar-refractivity contribution in [3.8, 4) is 0 Å². The molecule has 2 N–H and O–H groups in total. The van der Waals surface area contributed by atoms with Gasteiger partial charge in [0.15, 0.2) is 0 Å². The fourth-order valence-corrected chi connectivity index (χ4v) is 2.24. The number of carbonyl (C=O) groups is 2. The molecular weight excluding hydrogens is 274 g/mol. The number of primary amides is 1. The van der Waals surface area contributed by atoms with Crippen molar-refractivity contribution in [3.05, 3.63) is 0 Å². The van der Waals surface area contributed by atoms with E-state index in [9.17, 15) is 18.4 Å². The largest absolute Gasteiger partial charge is 0.444 e. The number of ether oxygens (including phenoxy) is 2. The minimum Gasteiger partial charge on any atom is -0.444 e. The lowest BCUT2D eigenvalue weighted by Gasteiger charge is -2.36. The molecule has 1 rings (SSSR count). The second-order valence-corrected chi connectivity index (χ2v) is 5.81. The lowest BCUT2D eigenvalue weighted by Crippen LogP contribution is -2.61. The van der Waals surface area contributed by atoms with E-state index < -0.39 is 41.7 Å². The molecule has 1 fully saturated rings. The van der Waals surface area contributed by atoms with E-state index >= 15 is 0 Å². The summed E-state index contributed by atoms with van der Waals surface area (Å²) in [5.41, 5.74) is 2.09. The summed E-state index contributed by atoms with van der Waals surface area (Å²) in [5.74, 6) is -6.04. The molecular formula is C12H20F2N2O4. The predicted octanol–water partition coefficient (Wildman–Crippen LogP) is 1.34. The summed E-state index contributed by atoms with van der Waals surface area (Å²) in [6.45, 7) is 4.88. The number of halogens is 2. The minimum atomic E-state index is -3.30. The first-order valence-corrected chi connectivity index (χ1v) is 6.12. The zero-order valence-corrected chi connectivity index (χ0v) is 12.2. The number of hydrogen-bond donors (Lipinski definition) is 1. The van der Waals surface area contributed by atoms with Gasteiger partial charge in [-0.25, -0.2) is 13.6 Å². The molecule has 2 atom stereocenters. The monoisotopic (exact) mass is 294 g/mol. The first kappa shape index (κ1) is 16.6. The molecule has 8 heteroatoms. The highest BCUT2D eigenvalue weighted by Gasteiger charge is 2.67. The molecule has 0 radical (unpaired) electrons. The molecule has 1 aliphatic heterocycles. The minimum absolute atomic E-state index is 0.561. The lowest BCUT2D eigenvalue weighted by atomic mass is 9.95. The van der Waals surface area contributed by atoms with E-state index in [0.717, 1.165) is 14.0 Å². The number of carbonyl (C=O) groups excluding carboxylic acids is 2. The predicted molar refractivity (Wildman–Crippen MR) is 66.0 cm³/mol. The molecule has 0 saturated carbocycles. The van der Waals surface area contributed by atoms with Crippen LogP contribution in [0.2, 0.25) is 0 Å². The Hall–Kier alpha value is -1.44. The van der Waals surface area contributed by atoms with Gasteiger partial charge in [0.1, 0.15) is 5.60 Å². The van der Waals surface area contributed by atoms with Gasteiger partial charge in [-0.15, -0.1) is 0 Å². The van der Waals surface area contributed by atoms with E-state index in [1.165, 1.54) is 0 Å². The van der Waals surface area contributed by atoms with Gasteiger partial charge in [0.2, 0.25) is 5.72 Å². The van der Waals surface area contributed by atoms with Gasteiger partial charge in [0.25, 0.3) is 11.8 Å². The Morgan fingerprint density at radius 3 is 2.20 bits per heavy atom. The zero-order chi connectivity index (χ0) is 15.9. The summed E-state index contributed by atoms with van der Waals surface area (Å²) in [6, 6.07) is 0. The third kappa shape index (κ3) is 2.56. The molecule has 116 valence electrons. The fourth-order valence-electron chi connectivity index (χ4n) is 2.24. The van der Waals surface area contributed by atoms with E-state index in [1.54, 1.807) is 20.8 Å². The van der Waals surface area contributed by atoms with Crippen LogP contribution in [0.5, 0.6) is 0 Å². The van der Waals surface area contributed by atoms with Crippen molar-refractivity contribution in [3.63, 3.8) is 0 Å². The van der Waals surface area contributed by atoms with Gasteiger partial charge in [0.05, 0.1) is 12.5 Å². The molecule has 0 aromatic carbocycles. The van der Waals surface area contributed by atoms with Crippen LogP contribution in [0.1, 0.15) is 27.7 Å². The second-order valence-electron chi connectivity index (χ2n) is 5.81. The molecule has 1 heterocycles. The Morgan fingerprint density at radius 1 is 1.35 bits per heavy atom. The van der Waals surface area contributed by atoms with Crippen LogP contribution in [0.4, 0.5) is 13.6 Å². The van der Waals surface area contributed by atoms with Gasteiger partial charge in [-0.3, -0.25) is 9.69 Å². The lowest BCUT2D eigenvalue weighted by molar-refractivity contribution is -0.173. The highest BCUT2D eigenvalue weighted by atomic mass is 19.3. The number of nitrogens with two attached hydrogens (primary N) is 1.